The molecule has 15 heavy (non-hydrogen) atoms. The van der Waals surface area contributed by atoms with Crippen LogP contribution in [0.2, 0.25) is 0 Å². The van der Waals surface area contributed by atoms with Crippen molar-refractivity contribution in [3.05, 3.63) is 23.6 Å². The third-order valence-corrected chi connectivity index (χ3v) is 2.71. The Labute approximate surface area is 91.1 Å². The second-order valence-electron chi connectivity index (χ2n) is 4.02. The number of carbonyl (C=O) groups is 1. The third-order valence-electron chi connectivity index (χ3n) is 2.71. The minimum atomic E-state index is -0.577. The SMILES string of the molecule is CCCCCCC/C=C1\CC=C(F)C1=O. The average Bonchev–Trinajstić information content (AvgIpc) is 2.54. The minimum absolute atomic E-state index is 0.399. The Bertz CT molecular complexity index is 276. The van der Waals surface area contributed by atoms with Crippen LogP contribution in [0.25, 0.3) is 0 Å². The van der Waals surface area contributed by atoms with Gasteiger partial charge in [0.25, 0.3) is 0 Å². The Balaban J connectivity index is 2.14. The first-order valence-electron chi connectivity index (χ1n) is 5.85. The lowest BCUT2D eigenvalue weighted by atomic mass is 10.1. The number of ketones is 1. The van der Waals surface area contributed by atoms with Crippen LogP contribution in [0.4, 0.5) is 4.39 Å². The first-order valence-corrected chi connectivity index (χ1v) is 5.85. The van der Waals surface area contributed by atoms with Crippen molar-refractivity contribution in [2.45, 2.75) is 51.9 Å². The average molecular weight is 210 g/mol. The van der Waals surface area contributed by atoms with Gasteiger partial charge in [0.2, 0.25) is 5.78 Å². The van der Waals surface area contributed by atoms with Gasteiger partial charge in [0.05, 0.1) is 0 Å². The van der Waals surface area contributed by atoms with Crippen molar-refractivity contribution in [2.24, 2.45) is 0 Å². The monoisotopic (exact) mass is 210 g/mol. The first-order chi connectivity index (χ1) is 7.25. The molecule has 0 radical (unpaired) electrons. The zero-order valence-corrected chi connectivity index (χ0v) is 9.39. The Kier molecular flexibility index (Phi) is 5.30. The van der Waals surface area contributed by atoms with Gasteiger partial charge in [-0.15, -0.1) is 0 Å². The van der Waals surface area contributed by atoms with Gasteiger partial charge in [-0.25, -0.2) is 4.39 Å². The van der Waals surface area contributed by atoms with Crippen molar-refractivity contribution in [2.75, 3.05) is 0 Å². The molecule has 0 aromatic heterocycles. The van der Waals surface area contributed by atoms with Gasteiger partial charge in [-0.3, -0.25) is 4.79 Å². The quantitative estimate of drug-likeness (QED) is 0.476. The molecule has 0 heterocycles. The van der Waals surface area contributed by atoms with Gasteiger partial charge in [0, 0.05) is 5.57 Å². The summed E-state index contributed by atoms with van der Waals surface area (Å²) in [6, 6.07) is 0. The van der Waals surface area contributed by atoms with Gasteiger partial charge in [-0.2, -0.15) is 0 Å². The van der Waals surface area contributed by atoms with Crippen LogP contribution in [0, 0.1) is 0 Å². The van der Waals surface area contributed by atoms with E-state index in [2.05, 4.69) is 6.92 Å². The number of halogens is 1. The molecule has 0 spiro atoms. The molecule has 1 aliphatic rings. The fourth-order valence-electron chi connectivity index (χ4n) is 1.74. The van der Waals surface area contributed by atoms with Crippen LogP contribution < -0.4 is 0 Å². The summed E-state index contributed by atoms with van der Waals surface area (Å²) in [4.78, 5) is 11.2. The van der Waals surface area contributed by atoms with E-state index < -0.39 is 11.6 Å². The minimum Gasteiger partial charge on any atom is -0.286 e. The van der Waals surface area contributed by atoms with Crippen molar-refractivity contribution in [3.63, 3.8) is 0 Å². The normalized spacial score (nSPS) is 18.7. The highest BCUT2D eigenvalue weighted by Crippen LogP contribution is 2.22. The highest BCUT2D eigenvalue weighted by atomic mass is 19.1. The maximum Gasteiger partial charge on any atom is 0.217 e. The maximum absolute atomic E-state index is 12.7. The summed E-state index contributed by atoms with van der Waals surface area (Å²) in [5, 5.41) is 0. The van der Waals surface area contributed by atoms with Crippen LogP contribution >= 0.6 is 0 Å². The number of hydrogen-bond acceptors (Lipinski definition) is 1. The summed E-state index contributed by atoms with van der Waals surface area (Å²) in [5.41, 5.74) is 0.642. The molecule has 2 heteroatoms. The zero-order valence-electron chi connectivity index (χ0n) is 9.39. The van der Waals surface area contributed by atoms with E-state index in [-0.39, 0.29) is 0 Å². The molecule has 0 aromatic rings. The number of rotatable bonds is 6. The molecular formula is C13H19FO. The fourth-order valence-corrected chi connectivity index (χ4v) is 1.74. The first kappa shape index (κ1) is 12.2. The molecule has 0 bridgehead atoms. The number of allylic oxidation sites excluding steroid dienone is 4. The molecule has 0 saturated carbocycles. The zero-order chi connectivity index (χ0) is 11.1. The molecule has 0 saturated heterocycles. The van der Waals surface area contributed by atoms with Gasteiger partial charge >= 0.3 is 0 Å². The van der Waals surface area contributed by atoms with Crippen molar-refractivity contribution in [1.82, 2.24) is 0 Å². The Morgan fingerprint density at radius 1 is 1.33 bits per heavy atom. The van der Waals surface area contributed by atoms with Crippen molar-refractivity contribution in [3.8, 4) is 0 Å². The summed E-state index contributed by atoms with van der Waals surface area (Å²) >= 11 is 0. The largest absolute Gasteiger partial charge is 0.286 e. The van der Waals surface area contributed by atoms with Crippen LogP contribution in [0.15, 0.2) is 23.6 Å². The summed E-state index contributed by atoms with van der Waals surface area (Å²) < 4.78 is 12.7. The molecule has 0 amide bonds. The highest BCUT2D eigenvalue weighted by molar-refractivity contribution is 6.09. The Hall–Kier alpha value is -0.920. The van der Waals surface area contributed by atoms with Gasteiger partial charge in [-0.05, 0) is 25.3 Å². The van der Waals surface area contributed by atoms with Crippen LogP contribution in [0.3, 0.4) is 0 Å². The van der Waals surface area contributed by atoms with E-state index in [9.17, 15) is 9.18 Å². The molecule has 0 aliphatic heterocycles. The number of Topliss-reactive ketones (excluding diaryl/α,β-unsaturated/α-hetero) is 1. The summed E-state index contributed by atoms with van der Waals surface area (Å²) in [5.74, 6) is -0.976. The van der Waals surface area contributed by atoms with Crippen LogP contribution in [-0.2, 0) is 4.79 Å². The van der Waals surface area contributed by atoms with Crippen molar-refractivity contribution in [1.29, 1.82) is 0 Å². The maximum atomic E-state index is 12.7. The number of unbranched alkanes of at least 4 members (excludes halogenated alkanes) is 5. The fraction of sp³-hybridized carbons (Fsp3) is 0.615. The van der Waals surface area contributed by atoms with E-state index in [1.807, 2.05) is 6.08 Å². The summed E-state index contributed by atoms with van der Waals surface area (Å²) in [7, 11) is 0. The lowest BCUT2D eigenvalue weighted by Crippen LogP contribution is -1.95. The molecule has 0 unspecified atom stereocenters. The number of carbonyl (C=O) groups excluding carboxylic acids is 1. The molecular weight excluding hydrogens is 191 g/mol. The molecule has 1 rings (SSSR count). The number of hydrogen-bond donors (Lipinski definition) is 0. The van der Waals surface area contributed by atoms with E-state index >= 15 is 0 Å². The second kappa shape index (κ2) is 6.54. The van der Waals surface area contributed by atoms with Crippen LogP contribution in [-0.4, -0.2) is 5.78 Å². The van der Waals surface area contributed by atoms with E-state index in [4.69, 9.17) is 0 Å². The van der Waals surface area contributed by atoms with Gasteiger partial charge in [0.1, 0.15) is 0 Å². The van der Waals surface area contributed by atoms with Gasteiger partial charge in [-0.1, -0.05) is 38.7 Å². The van der Waals surface area contributed by atoms with Crippen LogP contribution in [0.5, 0.6) is 0 Å². The lowest BCUT2D eigenvalue weighted by molar-refractivity contribution is -0.113. The van der Waals surface area contributed by atoms with Crippen LogP contribution in [0.1, 0.15) is 51.9 Å². The van der Waals surface area contributed by atoms with E-state index in [1.165, 1.54) is 31.8 Å². The molecule has 1 aliphatic carbocycles. The van der Waals surface area contributed by atoms with E-state index in [1.54, 1.807) is 0 Å². The standard InChI is InChI=1S/C13H19FO/c1-2-3-4-5-6-7-8-11-9-10-12(14)13(11)15/h8,10H,2-7,9H2,1H3/b11-8+. The van der Waals surface area contributed by atoms with Gasteiger partial charge in [0.15, 0.2) is 5.83 Å². The molecule has 0 aromatic carbocycles. The predicted octanol–water partition coefficient (Wildman–Crippen LogP) is 4.10. The molecule has 84 valence electrons. The summed E-state index contributed by atoms with van der Waals surface area (Å²) in [6.45, 7) is 2.19. The van der Waals surface area contributed by atoms with E-state index in [0.717, 1.165) is 12.8 Å². The Morgan fingerprint density at radius 3 is 2.67 bits per heavy atom. The molecule has 1 nitrogen and oxygen atoms in total. The predicted molar refractivity (Wildman–Crippen MR) is 60.3 cm³/mol. The Morgan fingerprint density at radius 2 is 2.07 bits per heavy atom. The molecule has 0 atom stereocenters. The third kappa shape index (κ3) is 3.98. The lowest BCUT2D eigenvalue weighted by Gasteiger charge is -1.98. The van der Waals surface area contributed by atoms with E-state index in [0.29, 0.717) is 12.0 Å². The summed E-state index contributed by atoms with van der Waals surface area (Å²) in [6.07, 6.45) is 10.8. The van der Waals surface area contributed by atoms with Gasteiger partial charge < -0.3 is 0 Å². The smallest absolute Gasteiger partial charge is 0.217 e. The van der Waals surface area contributed by atoms with Crippen molar-refractivity contribution >= 4 is 5.78 Å². The van der Waals surface area contributed by atoms with Crippen molar-refractivity contribution < 1.29 is 9.18 Å². The molecule has 0 fully saturated rings. The topological polar surface area (TPSA) is 17.1 Å². The molecule has 0 N–H and O–H groups in total. The highest BCUT2D eigenvalue weighted by Gasteiger charge is 2.19. The second-order valence-corrected chi connectivity index (χ2v) is 4.02.